The van der Waals surface area contributed by atoms with Gasteiger partial charge < -0.3 is 10.1 Å². The Morgan fingerprint density at radius 1 is 1.25 bits per heavy atom. The van der Waals surface area contributed by atoms with E-state index in [9.17, 15) is 9.59 Å². The number of nitrogens with zero attached hydrogens (tertiary/aromatic N) is 3. The average molecular weight is 382 g/mol. The highest BCUT2D eigenvalue weighted by Gasteiger charge is 2.19. The number of esters is 1. The summed E-state index contributed by atoms with van der Waals surface area (Å²) in [5.74, 6) is -0.669. The Labute approximate surface area is 164 Å². The van der Waals surface area contributed by atoms with Crippen molar-refractivity contribution in [3.05, 3.63) is 41.2 Å². The molecule has 2 heterocycles. The normalized spacial score (nSPS) is 12.3. The van der Waals surface area contributed by atoms with E-state index in [2.05, 4.69) is 10.4 Å². The highest BCUT2D eigenvalue weighted by molar-refractivity contribution is 5.92. The molecule has 0 fully saturated rings. The quantitative estimate of drug-likeness (QED) is 0.635. The Kier molecular flexibility index (Phi) is 5.92. The molecule has 148 valence electrons. The summed E-state index contributed by atoms with van der Waals surface area (Å²) in [5.41, 5.74) is 4.51. The second-order valence-electron chi connectivity index (χ2n) is 6.94. The fourth-order valence-electron chi connectivity index (χ4n) is 3.27. The molecule has 0 saturated heterocycles. The lowest BCUT2D eigenvalue weighted by Gasteiger charge is -2.14. The number of carbonyl (C=O) groups is 2. The van der Waals surface area contributed by atoms with E-state index in [0.29, 0.717) is 13.0 Å². The van der Waals surface area contributed by atoms with Crippen LogP contribution in [0.4, 0.5) is 0 Å². The van der Waals surface area contributed by atoms with Crippen molar-refractivity contribution in [2.75, 3.05) is 6.54 Å². The van der Waals surface area contributed by atoms with Crippen LogP contribution in [0.25, 0.3) is 16.6 Å². The van der Waals surface area contributed by atoms with Crippen molar-refractivity contribution in [2.45, 2.75) is 53.1 Å². The Morgan fingerprint density at radius 2 is 2.00 bits per heavy atom. The number of aryl methyl sites for hydroxylation is 2. The molecule has 7 nitrogen and oxygen atoms in total. The predicted molar refractivity (Wildman–Crippen MR) is 107 cm³/mol. The molecule has 7 heteroatoms. The second kappa shape index (κ2) is 8.37. The number of ether oxygens (including phenoxy) is 1. The van der Waals surface area contributed by atoms with Crippen LogP contribution in [0.2, 0.25) is 0 Å². The third-order valence-corrected chi connectivity index (χ3v) is 4.82. The van der Waals surface area contributed by atoms with Crippen LogP contribution in [0, 0.1) is 13.8 Å². The van der Waals surface area contributed by atoms with Gasteiger partial charge in [-0.1, -0.05) is 19.1 Å². The molecule has 0 saturated carbocycles. The summed E-state index contributed by atoms with van der Waals surface area (Å²) in [5, 5.41) is 8.36. The standard InChI is InChI=1S/C21H26N4O3/c1-5-12-22-21(27)15(4)28-19(26)11-10-16-13(2)23-20-17-8-6-7-9-18(17)24-25(20)14(16)3/h6-9,15H,5,10-12H2,1-4H3,(H,22,27)/t15-/m0/s1. The highest BCUT2D eigenvalue weighted by atomic mass is 16.5. The van der Waals surface area contributed by atoms with Gasteiger partial charge in [0.05, 0.1) is 5.52 Å². The van der Waals surface area contributed by atoms with Crippen LogP contribution in [0.15, 0.2) is 24.3 Å². The van der Waals surface area contributed by atoms with Crippen LogP contribution >= 0.6 is 0 Å². The number of fused-ring (bicyclic) bond motifs is 3. The van der Waals surface area contributed by atoms with E-state index in [1.165, 1.54) is 0 Å². The highest BCUT2D eigenvalue weighted by Crippen LogP contribution is 2.23. The van der Waals surface area contributed by atoms with Crippen LogP contribution < -0.4 is 5.32 Å². The molecule has 0 aliphatic rings. The third-order valence-electron chi connectivity index (χ3n) is 4.82. The lowest BCUT2D eigenvalue weighted by molar-refractivity contribution is -0.154. The average Bonchev–Trinajstić information content (AvgIpc) is 3.04. The van der Waals surface area contributed by atoms with Crippen LogP contribution in [0.5, 0.6) is 0 Å². The van der Waals surface area contributed by atoms with Crippen molar-refractivity contribution in [1.29, 1.82) is 0 Å². The first kappa shape index (κ1) is 19.8. The number of nitrogens with one attached hydrogen (secondary N) is 1. The largest absolute Gasteiger partial charge is 0.453 e. The summed E-state index contributed by atoms with van der Waals surface area (Å²) in [4.78, 5) is 28.7. The van der Waals surface area contributed by atoms with Crippen molar-refractivity contribution in [3.8, 4) is 0 Å². The first-order valence-electron chi connectivity index (χ1n) is 9.63. The minimum Gasteiger partial charge on any atom is -0.453 e. The number of hydrogen-bond donors (Lipinski definition) is 1. The molecule has 0 aliphatic carbocycles. The summed E-state index contributed by atoms with van der Waals surface area (Å²) in [6, 6.07) is 7.89. The summed E-state index contributed by atoms with van der Waals surface area (Å²) in [7, 11) is 0. The van der Waals surface area contributed by atoms with E-state index in [-0.39, 0.29) is 12.3 Å². The lowest BCUT2D eigenvalue weighted by Crippen LogP contribution is -2.36. The van der Waals surface area contributed by atoms with Gasteiger partial charge in [-0.25, -0.2) is 9.50 Å². The SMILES string of the molecule is CCCNC(=O)[C@H](C)OC(=O)CCc1c(C)nc2c3ccccc3nn2c1C. The fourth-order valence-corrected chi connectivity index (χ4v) is 3.27. The maximum Gasteiger partial charge on any atom is 0.306 e. The van der Waals surface area contributed by atoms with Gasteiger partial charge in [0.25, 0.3) is 5.91 Å². The van der Waals surface area contributed by atoms with Gasteiger partial charge in [0, 0.05) is 29.7 Å². The van der Waals surface area contributed by atoms with E-state index >= 15 is 0 Å². The van der Waals surface area contributed by atoms with Gasteiger partial charge in [-0.3, -0.25) is 9.59 Å². The number of rotatable bonds is 7. The molecule has 0 spiro atoms. The first-order chi connectivity index (χ1) is 13.4. The van der Waals surface area contributed by atoms with Crippen LogP contribution in [-0.4, -0.2) is 39.1 Å². The number of carbonyl (C=O) groups excluding carboxylic acids is 2. The Morgan fingerprint density at radius 3 is 2.75 bits per heavy atom. The Balaban J connectivity index is 1.73. The third kappa shape index (κ3) is 3.98. The smallest absolute Gasteiger partial charge is 0.306 e. The minimum atomic E-state index is -0.793. The molecule has 3 rings (SSSR count). The first-order valence-corrected chi connectivity index (χ1v) is 9.63. The topological polar surface area (TPSA) is 85.6 Å². The summed E-state index contributed by atoms with van der Waals surface area (Å²) in [6.45, 7) is 8.05. The number of aromatic nitrogens is 3. The van der Waals surface area contributed by atoms with Gasteiger partial charge in [-0.05, 0) is 51.3 Å². The monoisotopic (exact) mass is 382 g/mol. The van der Waals surface area contributed by atoms with Gasteiger partial charge >= 0.3 is 5.97 Å². The maximum atomic E-state index is 12.2. The van der Waals surface area contributed by atoms with Crippen molar-refractivity contribution >= 4 is 28.4 Å². The molecule has 1 N–H and O–H groups in total. The van der Waals surface area contributed by atoms with Crippen LogP contribution in [0.3, 0.4) is 0 Å². The fraction of sp³-hybridized carbons (Fsp3) is 0.429. The molecular formula is C21H26N4O3. The zero-order chi connectivity index (χ0) is 20.3. The summed E-state index contributed by atoms with van der Waals surface area (Å²) in [6.07, 6.45) is 0.710. The Hall–Kier alpha value is -2.96. The van der Waals surface area contributed by atoms with Gasteiger partial charge in [0.2, 0.25) is 0 Å². The predicted octanol–water partition coefficient (Wildman–Crippen LogP) is 2.89. The van der Waals surface area contributed by atoms with E-state index in [1.54, 1.807) is 6.92 Å². The van der Waals surface area contributed by atoms with Gasteiger partial charge in [-0.2, -0.15) is 5.10 Å². The van der Waals surface area contributed by atoms with E-state index in [0.717, 1.165) is 39.9 Å². The zero-order valence-electron chi connectivity index (χ0n) is 16.8. The molecule has 0 bridgehead atoms. The molecule has 28 heavy (non-hydrogen) atoms. The molecule has 1 amide bonds. The lowest BCUT2D eigenvalue weighted by atomic mass is 10.1. The van der Waals surface area contributed by atoms with Crippen LogP contribution in [0.1, 0.15) is 43.6 Å². The molecule has 1 aromatic carbocycles. The van der Waals surface area contributed by atoms with Crippen LogP contribution in [-0.2, 0) is 20.7 Å². The van der Waals surface area contributed by atoms with E-state index < -0.39 is 12.1 Å². The summed E-state index contributed by atoms with van der Waals surface area (Å²) >= 11 is 0. The minimum absolute atomic E-state index is 0.182. The molecule has 3 aromatic rings. The number of hydrogen-bond acceptors (Lipinski definition) is 5. The molecule has 2 aromatic heterocycles. The second-order valence-corrected chi connectivity index (χ2v) is 6.94. The number of amides is 1. The molecule has 1 atom stereocenters. The van der Waals surface area contributed by atoms with Crippen molar-refractivity contribution in [1.82, 2.24) is 19.9 Å². The van der Waals surface area contributed by atoms with Crippen molar-refractivity contribution in [2.24, 2.45) is 0 Å². The van der Waals surface area contributed by atoms with Gasteiger partial charge in [0.15, 0.2) is 11.8 Å². The van der Waals surface area contributed by atoms with Crippen molar-refractivity contribution in [3.63, 3.8) is 0 Å². The maximum absolute atomic E-state index is 12.2. The molecular weight excluding hydrogens is 356 g/mol. The number of benzene rings is 1. The molecule has 0 aliphatic heterocycles. The van der Waals surface area contributed by atoms with E-state index in [4.69, 9.17) is 9.72 Å². The van der Waals surface area contributed by atoms with Gasteiger partial charge in [-0.15, -0.1) is 0 Å². The van der Waals surface area contributed by atoms with Gasteiger partial charge in [0.1, 0.15) is 0 Å². The molecule has 0 radical (unpaired) electrons. The zero-order valence-corrected chi connectivity index (χ0v) is 16.8. The van der Waals surface area contributed by atoms with Crippen molar-refractivity contribution < 1.29 is 14.3 Å². The van der Waals surface area contributed by atoms with E-state index in [1.807, 2.05) is 49.6 Å². The summed E-state index contributed by atoms with van der Waals surface area (Å²) < 4.78 is 7.08. The Bertz CT molecular complexity index is 1030. The molecule has 0 unspecified atom stereocenters.